The second-order valence-corrected chi connectivity index (χ2v) is 5.43. The smallest absolute Gasteiger partial charge is 0.226 e. The van der Waals surface area contributed by atoms with E-state index in [1.54, 1.807) is 7.11 Å². The maximum atomic E-state index is 5.34. The Kier molecular flexibility index (Phi) is 4.00. The van der Waals surface area contributed by atoms with E-state index in [1.165, 1.54) is 32.1 Å². The van der Waals surface area contributed by atoms with Gasteiger partial charge in [0.15, 0.2) is 0 Å². The molecular weight excluding hydrogens is 252 g/mol. The molecule has 0 N–H and O–H groups in total. The highest BCUT2D eigenvalue weighted by molar-refractivity contribution is 5.55. The first-order valence-electron chi connectivity index (χ1n) is 7.32. The van der Waals surface area contributed by atoms with Gasteiger partial charge in [-0.25, -0.2) is 0 Å². The maximum absolute atomic E-state index is 5.34. The fourth-order valence-electron chi connectivity index (χ4n) is 2.84. The number of hydrogen-bond acceptors (Lipinski definition) is 4. The molecule has 20 heavy (non-hydrogen) atoms. The molecule has 3 rings (SSSR count). The molecule has 1 saturated carbocycles. The van der Waals surface area contributed by atoms with E-state index in [9.17, 15) is 0 Å². The van der Waals surface area contributed by atoms with Crippen LogP contribution in [0.5, 0.6) is 5.75 Å². The molecule has 106 valence electrons. The molecule has 1 heterocycles. The number of methoxy groups -OCH3 is 1. The van der Waals surface area contributed by atoms with Crippen LogP contribution in [0, 0.1) is 5.92 Å². The Hall–Kier alpha value is -1.84. The number of aromatic nitrogens is 2. The van der Waals surface area contributed by atoms with Crippen molar-refractivity contribution in [1.82, 2.24) is 10.1 Å². The van der Waals surface area contributed by atoms with Crippen molar-refractivity contribution >= 4 is 0 Å². The Labute approximate surface area is 119 Å². The number of aryl methyl sites for hydroxylation is 1. The second-order valence-electron chi connectivity index (χ2n) is 5.43. The molecule has 0 spiro atoms. The highest BCUT2D eigenvalue weighted by atomic mass is 16.5. The fourth-order valence-corrected chi connectivity index (χ4v) is 2.84. The Balaban J connectivity index is 1.62. The summed E-state index contributed by atoms with van der Waals surface area (Å²) in [6.07, 6.45) is 7.55. The Bertz CT molecular complexity index is 542. The number of ether oxygens (including phenoxy) is 1. The van der Waals surface area contributed by atoms with Gasteiger partial charge in [0.05, 0.1) is 7.11 Å². The highest BCUT2D eigenvalue weighted by Gasteiger charge is 2.16. The fraction of sp³-hybridized carbons (Fsp3) is 0.500. The number of rotatable bonds is 5. The van der Waals surface area contributed by atoms with Crippen LogP contribution < -0.4 is 4.74 Å². The van der Waals surface area contributed by atoms with Crippen LogP contribution in [0.3, 0.4) is 0 Å². The van der Waals surface area contributed by atoms with Gasteiger partial charge in [-0.1, -0.05) is 30.8 Å². The largest absolute Gasteiger partial charge is 0.497 e. The second kappa shape index (κ2) is 6.07. The van der Waals surface area contributed by atoms with Crippen molar-refractivity contribution in [3.05, 3.63) is 30.2 Å². The molecule has 2 aromatic rings. The first-order valence-corrected chi connectivity index (χ1v) is 7.32. The molecule has 0 atom stereocenters. The molecule has 0 radical (unpaired) electrons. The summed E-state index contributed by atoms with van der Waals surface area (Å²) in [4.78, 5) is 4.48. The Morgan fingerprint density at radius 1 is 1.20 bits per heavy atom. The van der Waals surface area contributed by atoms with E-state index in [0.717, 1.165) is 29.5 Å². The summed E-state index contributed by atoms with van der Waals surface area (Å²) in [6.45, 7) is 0. The standard InChI is InChI=1S/C16H20N2O2/c1-19-14-9-7-13(8-10-14)16-17-15(20-18-16)11-6-12-4-2-3-5-12/h7-10,12H,2-6,11H2,1H3. The lowest BCUT2D eigenvalue weighted by atomic mass is 10.0. The van der Waals surface area contributed by atoms with Gasteiger partial charge in [-0.15, -0.1) is 0 Å². The molecule has 4 heteroatoms. The van der Waals surface area contributed by atoms with Gasteiger partial charge in [-0.3, -0.25) is 0 Å². The van der Waals surface area contributed by atoms with Crippen molar-refractivity contribution in [1.29, 1.82) is 0 Å². The summed E-state index contributed by atoms with van der Waals surface area (Å²) in [5.41, 5.74) is 0.960. The zero-order valence-corrected chi connectivity index (χ0v) is 11.8. The minimum atomic E-state index is 0.661. The third-order valence-electron chi connectivity index (χ3n) is 4.06. The van der Waals surface area contributed by atoms with Crippen LogP contribution in [0.4, 0.5) is 0 Å². The van der Waals surface area contributed by atoms with Crippen LogP contribution in [-0.4, -0.2) is 17.3 Å². The van der Waals surface area contributed by atoms with E-state index in [-0.39, 0.29) is 0 Å². The van der Waals surface area contributed by atoms with Crippen LogP contribution >= 0.6 is 0 Å². The van der Waals surface area contributed by atoms with Gasteiger partial charge in [-0.2, -0.15) is 4.98 Å². The van der Waals surface area contributed by atoms with Crippen molar-refractivity contribution in [2.24, 2.45) is 5.92 Å². The molecule has 1 aliphatic rings. The molecule has 1 aliphatic carbocycles. The molecule has 0 aliphatic heterocycles. The van der Waals surface area contributed by atoms with Crippen LogP contribution in [0.2, 0.25) is 0 Å². The third-order valence-corrected chi connectivity index (χ3v) is 4.06. The lowest BCUT2D eigenvalue weighted by Crippen LogP contribution is -1.96. The number of hydrogen-bond donors (Lipinski definition) is 0. The lowest BCUT2D eigenvalue weighted by Gasteiger charge is -2.04. The summed E-state index contributed by atoms with van der Waals surface area (Å²) >= 11 is 0. The number of benzene rings is 1. The summed E-state index contributed by atoms with van der Waals surface area (Å²) in [5.74, 6) is 3.10. The highest BCUT2D eigenvalue weighted by Crippen LogP contribution is 2.28. The molecule has 1 aromatic heterocycles. The minimum absolute atomic E-state index is 0.661. The third kappa shape index (κ3) is 3.00. The van der Waals surface area contributed by atoms with Crippen LogP contribution in [0.25, 0.3) is 11.4 Å². The predicted octanol–water partition coefficient (Wildman–Crippen LogP) is 3.87. The molecular formula is C16H20N2O2. The zero-order valence-electron chi connectivity index (χ0n) is 11.8. The minimum Gasteiger partial charge on any atom is -0.497 e. The van der Waals surface area contributed by atoms with Gasteiger partial charge < -0.3 is 9.26 Å². The zero-order chi connectivity index (χ0) is 13.8. The number of nitrogens with zero attached hydrogens (tertiary/aromatic N) is 2. The molecule has 0 saturated heterocycles. The lowest BCUT2D eigenvalue weighted by molar-refractivity contribution is 0.362. The SMILES string of the molecule is COc1ccc(-c2noc(CCC3CCCC3)n2)cc1. The van der Waals surface area contributed by atoms with Gasteiger partial charge in [0.25, 0.3) is 0 Å². The average Bonchev–Trinajstić information content (AvgIpc) is 3.17. The topological polar surface area (TPSA) is 48.2 Å². The first-order chi connectivity index (χ1) is 9.85. The van der Waals surface area contributed by atoms with Crippen LogP contribution in [0.15, 0.2) is 28.8 Å². The molecule has 4 nitrogen and oxygen atoms in total. The summed E-state index contributed by atoms with van der Waals surface area (Å²) in [5, 5.41) is 4.06. The van der Waals surface area contributed by atoms with Crippen LogP contribution in [-0.2, 0) is 6.42 Å². The Morgan fingerprint density at radius 2 is 1.95 bits per heavy atom. The van der Waals surface area contributed by atoms with Gasteiger partial charge in [-0.05, 0) is 36.6 Å². The molecule has 1 aromatic carbocycles. The monoisotopic (exact) mass is 272 g/mol. The van der Waals surface area contributed by atoms with E-state index in [0.29, 0.717) is 5.82 Å². The quantitative estimate of drug-likeness (QED) is 0.829. The van der Waals surface area contributed by atoms with E-state index in [2.05, 4.69) is 10.1 Å². The van der Waals surface area contributed by atoms with Gasteiger partial charge in [0.2, 0.25) is 11.7 Å². The predicted molar refractivity (Wildman–Crippen MR) is 76.6 cm³/mol. The summed E-state index contributed by atoms with van der Waals surface area (Å²) in [6, 6.07) is 7.71. The van der Waals surface area contributed by atoms with Crippen molar-refractivity contribution in [3.8, 4) is 17.1 Å². The Morgan fingerprint density at radius 3 is 2.65 bits per heavy atom. The van der Waals surface area contributed by atoms with E-state index < -0.39 is 0 Å². The van der Waals surface area contributed by atoms with E-state index in [4.69, 9.17) is 9.26 Å². The average molecular weight is 272 g/mol. The normalized spacial score (nSPS) is 15.7. The van der Waals surface area contributed by atoms with Gasteiger partial charge in [0, 0.05) is 12.0 Å². The van der Waals surface area contributed by atoms with Gasteiger partial charge >= 0.3 is 0 Å². The van der Waals surface area contributed by atoms with E-state index in [1.807, 2.05) is 24.3 Å². The van der Waals surface area contributed by atoms with Crippen molar-refractivity contribution < 1.29 is 9.26 Å². The maximum Gasteiger partial charge on any atom is 0.226 e. The van der Waals surface area contributed by atoms with Crippen molar-refractivity contribution in [2.75, 3.05) is 7.11 Å². The summed E-state index contributed by atoms with van der Waals surface area (Å²) in [7, 11) is 1.66. The first kappa shape index (κ1) is 13.2. The molecule has 1 fully saturated rings. The molecule has 0 unspecified atom stereocenters. The summed E-state index contributed by atoms with van der Waals surface area (Å²) < 4.78 is 10.5. The van der Waals surface area contributed by atoms with Crippen LogP contribution in [0.1, 0.15) is 38.0 Å². The molecule has 0 bridgehead atoms. The van der Waals surface area contributed by atoms with Crippen molar-refractivity contribution in [2.45, 2.75) is 38.5 Å². The van der Waals surface area contributed by atoms with E-state index >= 15 is 0 Å². The van der Waals surface area contributed by atoms with Crippen molar-refractivity contribution in [3.63, 3.8) is 0 Å². The molecule has 0 amide bonds. The van der Waals surface area contributed by atoms with Gasteiger partial charge in [0.1, 0.15) is 5.75 Å².